The van der Waals surface area contributed by atoms with E-state index in [9.17, 15) is 4.79 Å². The molecule has 1 atom stereocenters. The first-order chi connectivity index (χ1) is 7.75. The highest BCUT2D eigenvalue weighted by Crippen LogP contribution is 2.11. The molecule has 94 valence electrons. The molecule has 1 saturated heterocycles. The molecule has 0 aliphatic carbocycles. The van der Waals surface area contributed by atoms with Gasteiger partial charge in [-0.2, -0.15) is 0 Å². The Bertz CT molecular complexity index is 366. The predicted molar refractivity (Wildman–Crippen MR) is 74.8 cm³/mol. The summed E-state index contributed by atoms with van der Waals surface area (Å²) in [4.78, 5) is 11.7. The van der Waals surface area contributed by atoms with E-state index in [2.05, 4.69) is 10.6 Å². The van der Waals surface area contributed by atoms with E-state index in [1.165, 1.54) is 0 Å². The van der Waals surface area contributed by atoms with Crippen LogP contribution < -0.4 is 10.6 Å². The molecule has 1 unspecified atom stereocenters. The molecule has 6 heteroatoms. The molecular weight excluding hydrogens is 279 g/mol. The lowest BCUT2D eigenvalue weighted by molar-refractivity contribution is -0.122. The number of carbonyl (C=O) groups is 1. The Kier molecular flexibility index (Phi) is 6.12. The van der Waals surface area contributed by atoms with E-state index in [1.54, 1.807) is 11.8 Å². The van der Waals surface area contributed by atoms with Crippen molar-refractivity contribution in [2.45, 2.75) is 12.6 Å². The minimum Gasteiger partial charge on any atom is -0.351 e. The lowest BCUT2D eigenvalue weighted by Crippen LogP contribution is -2.41. The fourth-order valence-electron chi connectivity index (χ4n) is 1.48. The summed E-state index contributed by atoms with van der Waals surface area (Å²) in [5, 5.41) is 6.75. The molecule has 2 rings (SSSR count). The number of benzene rings is 1. The summed E-state index contributed by atoms with van der Waals surface area (Å²) in [6.45, 7) is 0.554. The van der Waals surface area contributed by atoms with Gasteiger partial charge in [0.1, 0.15) is 0 Å². The lowest BCUT2D eigenvalue weighted by atomic mass is 10.2. The Morgan fingerprint density at radius 2 is 2.18 bits per heavy atom. The number of rotatable bonds is 3. The smallest absolute Gasteiger partial charge is 0.238 e. The number of hydrogen-bond acceptors (Lipinski definition) is 3. The Morgan fingerprint density at radius 3 is 2.76 bits per heavy atom. The summed E-state index contributed by atoms with van der Waals surface area (Å²) < 4.78 is 0. The number of carbonyl (C=O) groups excluding carboxylic acids is 1. The standard InChI is InChI=1S/C11H13ClN2OS.ClH/c12-9-3-1-8(2-4-9)5-13-11(15)10-6-16-7-14-10;/h1-4,10,14H,5-7H2,(H,13,15);1H. The van der Waals surface area contributed by atoms with Crippen molar-refractivity contribution in [3.63, 3.8) is 0 Å². The van der Waals surface area contributed by atoms with Gasteiger partial charge in [-0.25, -0.2) is 0 Å². The van der Waals surface area contributed by atoms with Crippen LogP contribution in [0.2, 0.25) is 5.02 Å². The zero-order chi connectivity index (χ0) is 11.4. The fraction of sp³-hybridized carbons (Fsp3) is 0.364. The van der Waals surface area contributed by atoms with Crippen molar-refractivity contribution in [2.75, 3.05) is 11.6 Å². The summed E-state index contributed by atoms with van der Waals surface area (Å²) in [7, 11) is 0. The Morgan fingerprint density at radius 1 is 1.47 bits per heavy atom. The summed E-state index contributed by atoms with van der Waals surface area (Å²) >= 11 is 7.52. The van der Waals surface area contributed by atoms with Crippen molar-refractivity contribution in [3.05, 3.63) is 34.9 Å². The second-order valence-corrected chi connectivity index (χ2v) is 5.08. The van der Waals surface area contributed by atoms with Gasteiger partial charge in [0.15, 0.2) is 0 Å². The SMILES string of the molecule is Cl.O=C(NCc1ccc(Cl)cc1)C1CSCN1. The van der Waals surface area contributed by atoms with Gasteiger partial charge in [-0.05, 0) is 17.7 Å². The normalized spacial score (nSPS) is 18.5. The molecular formula is C11H14Cl2N2OS. The van der Waals surface area contributed by atoms with E-state index in [1.807, 2.05) is 24.3 Å². The van der Waals surface area contributed by atoms with Crippen LogP contribution in [0.1, 0.15) is 5.56 Å². The topological polar surface area (TPSA) is 41.1 Å². The number of thioether (sulfide) groups is 1. The zero-order valence-electron chi connectivity index (χ0n) is 9.11. The summed E-state index contributed by atoms with van der Waals surface area (Å²) in [5.74, 6) is 1.78. The number of hydrogen-bond donors (Lipinski definition) is 2. The maximum atomic E-state index is 11.7. The van der Waals surface area contributed by atoms with E-state index in [0.717, 1.165) is 17.2 Å². The first kappa shape index (κ1) is 14.6. The molecule has 0 bridgehead atoms. The highest BCUT2D eigenvalue weighted by atomic mass is 35.5. The third-order valence-corrected chi connectivity index (χ3v) is 3.60. The first-order valence-electron chi connectivity index (χ1n) is 5.09. The molecule has 1 aliphatic rings. The molecule has 1 aromatic rings. The van der Waals surface area contributed by atoms with Gasteiger partial charge in [0.25, 0.3) is 0 Å². The largest absolute Gasteiger partial charge is 0.351 e. The van der Waals surface area contributed by atoms with Gasteiger partial charge in [-0.1, -0.05) is 23.7 Å². The number of amides is 1. The molecule has 1 fully saturated rings. The summed E-state index contributed by atoms with van der Waals surface area (Å²) in [5.41, 5.74) is 1.06. The second kappa shape index (κ2) is 7.11. The van der Waals surface area contributed by atoms with Crippen molar-refractivity contribution in [1.29, 1.82) is 0 Å². The first-order valence-corrected chi connectivity index (χ1v) is 6.62. The molecule has 0 aromatic heterocycles. The maximum Gasteiger partial charge on any atom is 0.238 e. The fourth-order valence-corrected chi connectivity index (χ4v) is 2.55. The molecule has 1 amide bonds. The van der Waals surface area contributed by atoms with Crippen molar-refractivity contribution in [1.82, 2.24) is 10.6 Å². The van der Waals surface area contributed by atoms with Crippen molar-refractivity contribution in [2.24, 2.45) is 0 Å². The summed E-state index contributed by atoms with van der Waals surface area (Å²) in [6.07, 6.45) is 0. The predicted octanol–water partition coefficient (Wildman–Crippen LogP) is 2.04. The third kappa shape index (κ3) is 4.39. The number of halogens is 2. The Balaban J connectivity index is 0.00000144. The van der Waals surface area contributed by atoms with Crippen LogP contribution >= 0.6 is 35.8 Å². The van der Waals surface area contributed by atoms with Crippen LogP contribution in [0.25, 0.3) is 0 Å². The van der Waals surface area contributed by atoms with E-state index in [0.29, 0.717) is 11.6 Å². The van der Waals surface area contributed by atoms with Crippen LogP contribution in [-0.4, -0.2) is 23.6 Å². The van der Waals surface area contributed by atoms with Gasteiger partial charge in [0.05, 0.1) is 6.04 Å². The maximum absolute atomic E-state index is 11.7. The molecule has 0 saturated carbocycles. The molecule has 1 aromatic carbocycles. The third-order valence-electron chi connectivity index (χ3n) is 2.41. The molecule has 1 heterocycles. The van der Waals surface area contributed by atoms with Gasteiger partial charge < -0.3 is 5.32 Å². The van der Waals surface area contributed by atoms with Gasteiger partial charge >= 0.3 is 0 Å². The van der Waals surface area contributed by atoms with E-state index < -0.39 is 0 Å². The van der Waals surface area contributed by atoms with Crippen LogP contribution in [0.15, 0.2) is 24.3 Å². The molecule has 17 heavy (non-hydrogen) atoms. The van der Waals surface area contributed by atoms with Crippen LogP contribution in [0.3, 0.4) is 0 Å². The van der Waals surface area contributed by atoms with Crippen molar-refractivity contribution in [3.8, 4) is 0 Å². The van der Waals surface area contributed by atoms with E-state index >= 15 is 0 Å². The molecule has 2 N–H and O–H groups in total. The highest BCUT2D eigenvalue weighted by Gasteiger charge is 2.21. The van der Waals surface area contributed by atoms with Gasteiger partial charge in [-0.15, -0.1) is 24.2 Å². The average Bonchev–Trinajstić information content (AvgIpc) is 2.81. The number of nitrogens with one attached hydrogen (secondary N) is 2. The van der Waals surface area contributed by atoms with Gasteiger partial charge in [0, 0.05) is 23.2 Å². The summed E-state index contributed by atoms with van der Waals surface area (Å²) in [6, 6.07) is 7.44. The quantitative estimate of drug-likeness (QED) is 0.896. The molecule has 0 spiro atoms. The van der Waals surface area contributed by atoms with Crippen molar-refractivity contribution >= 4 is 41.7 Å². The Labute approximate surface area is 116 Å². The minimum absolute atomic E-state index is 0. The zero-order valence-corrected chi connectivity index (χ0v) is 11.5. The molecule has 3 nitrogen and oxygen atoms in total. The van der Waals surface area contributed by atoms with Gasteiger partial charge in [0.2, 0.25) is 5.91 Å². The van der Waals surface area contributed by atoms with E-state index in [-0.39, 0.29) is 24.4 Å². The van der Waals surface area contributed by atoms with Crippen LogP contribution in [0.5, 0.6) is 0 Å². The second-order valence-electron chi connectivity index (χ2n) is 3.62. The van der Waals surface area contributed by atoms with Crippen LogP contribution in [0, 0.1) is 0 Å². The minimum atomic E-state index is -0.0442. The highest BCUT2D eigenvalue weighted by molar-refractivity contribution is 7.99. The monoisotopic (exact) mass is 292 g/mol. The average molecular weight is 293 g/mol. The molecule has 1 aliphatic heterocycles. The van der Waals surface area contributed by atoms with E-state index in [4.69, 9.17) is 11.6 Å². The van der Waals surface area contributed by atoms with Crippen LogP contribution in [0.4, 0.5) is 0 Å². The van der Waals surface area contributed by atoms with Crippen LogP contribution in [-0.2, 0) is 11.3 Å². The van der Waals surface area contributed by atoms with Crippen molar-refractivity contribution < 1.29 is 4.79 Å². The lowest BCUT2D eigenvalue weighted by Gasteiger charge is -2.10. The Hall–Kier alpha value is -0.420. The van der Waals surface area contributed by atoms with Gasteiger partial charge in [-0.3, -0.25) is 10.1 Å². The molecule has 0 radical (unpaired) electrons.